The summed E-state index contributed by atoms with van der Waals surface area (Å²) in [4.78, 5) is 25.8. The van der Waals surface area contributed by atoms with Crippen LogP contribution in [0.2, 0.25) is 0 Å². The number of carbonyl (C=O) groups excluding carboxylic acids is 2. The molecule has 0 bridgehead atoms. The molecule has 132 valence electrons. The number of likely N-dealkylation sites (tertiary alicyclic amines) is 1. The van der Waals surface area contributed by atoms with Gasteiger partial charge in [0.1, 0.15) is 6.61 Å². The monoisotopic (exact) mass is 333 g/mol. The van der Waals surface area contributed by atoms with Crippen LogP contribution in [0.1, 0.15) is 25.8 Å². The van der Waals surface area contributed by atoms with Crippen LogP contribution in [-0.4, -0.2) is 42.6 Å². The van der Waals surface area contributed by atoms with Crippen LogP contribution in [0.5, 0.6) is 0 Å². The highest BCUT2D eigenvalue weighted by molar-refractivity contribution is 5.82. The van der Waals surface area contributed by atoms with Crippen LogP contribution in [0, 0.1) is 11.8 Å². The van der Waals surface area contributed by atoms with E-state index in [1.807, 2.05) is 44.2 Å². The Labute approximate surface area is 143 Å². The van der Waals surface area contributed by atoms with Crippen LogP contribution in [0.25, 0.3) is 0 Å². The average Bonchev–Trinajstić information content (AvgIpc) is 3.06. The Bertz CT molecular complexity index is 548. The molecule has 0 spiro atoms. The maximum atomic E-state index is 12.2. The summed E-state index contributed by atoms with van der Waals surface area (Å²) in [5, 5.41) is 2.78. The second-order valence-corrected chi connectivity index (χ2v) is 6.65. The number of alkyl carbamates (subject to hydrolysis) is 1. The number of benzene rings is 1. The van der Waals surface area contributed by atoms with Crippen LogP contribution in [0.4, 0.5) is 4.79 Å². The lowest BCUT2D eigenvalue weighted by atomic mass is 10.0. The quantitative estimate of drug-likeness (QED) is 0.830. The minimum atomic E-state index is -0.451. The van der Waals surface area contributed by atoms with E-state index in [0.29, 0.717) is 19.6 Å². The smallest absolute Gasteiger partial charge is 0.407 e. The van der Waals surface area contributed by atoms with Gasteiger partial charge in [0.05, 0.1) is 6.04 Å². The van der Waals surface area contributed by atoms with Gasteiger partial charge in [-0.25, -0.2) is 4.79 Å². The van der Waals surface area contributed by atoms with Crippen molar-refractivity contribution in [3.8, 4) is 0 Å². The topological polar surface area (TPSA) is 84.7 Å². The minimum absolute atomic E-state index is 0.000783. The lowest BCUT2D eigenvalue weighted by Crippen LogP contribution is -2.45. The van der Waals surface area contributed by atoms with Gasteiger partial charge in [-0.15, -0.1) is 0 Å². The zero-order valence-electron chi connectivity index (χ0n) is 14.4. The zero-order valence-corrected chi connectivity index (χ0v) is 14.4. The summed E-state index contributed by atoms with van der Waals surface area (Å²) >= 11 is 0. The van der Waals surface area contributed by atoms with E-state index in [9.17, 15) is 9.59 Å². The molecular weight excluding hydrogens is 306 g/mol. The number of nitrogens with zero attached hydrogens (tertiary/aromatic N) is 1. The molecule has 0 radical (unpaired) electrons. The fourth-order valence-electron chi connectivity index (χ4n) is 2.70. The van der Waals surface area contributed by atoms with Crippen LogP contribution < -0.4 is 11.1 Å². The molecule has 0 aliphatic carbocycles. The van der Waals surface area contributed by atoms with Gasteiger partial charge >= 0.3 is 6.09 Å². The van der Waals surface area contributed by atoms with Gasteiger partial charge in [0, 0.05) is 19.6 Å². The van der Waals surface area contributed by atoms with Gasteiger partial charge in [0.25, 0.3) is 0 Å². The fraction of sp³-hybridized carbons (Fsp3) is 0.556. The van der Waals surface area contributed by atoms with Gasteiger partial charge in [-0.05, 0) is 23.8 Å². The van der Waals surface area contributed by atoms with E-state index < -0.39 is 12.1 Å². The number of nitrogens with two attached hydrogens (primary N) is 1. The van der Waals surface area contributed by atoms with Crippen molar-refractivity contribution >= 4 is 12.0 Å². The Balaban J connectivity index is 1.68. The van der Waals surface area contributed by atoms with Gasteiger partial charge in [-0.3, -0.25) is 4.79 Å². The van der Waals surface area contributed by atoms with Gasteiger partial charge in [0.15, 0.2) is 0 Å². The van der Waals surface area contributed by atoms with Crippen molar-refractivity contribution in [2.45, 2.75) is 32.9 Å². The van der Waals surface area contributed by atoms with Crippen LogP contribution >= 0.6 is 0 Å². The summed E-state index contributed by atoms with van der Waals surface area (Å²) in [5.41, 5.74) is 6.87. The van der Waals surface area contributed by atoms with Gasteiger partial charge in [-0.2, -0.15) is 0 Å². The third kappa shape index (κ3) is 5.23. The Hall–Kier alpha value is -2.08. The second kappa shape index (κ2) is 8.68. The first kappa shape index (κ1) is 18.3. The standard InChI is InChI=1S/C18H27N3O3/c1-13(2)16(19)17(22)21-9-8-15(11-21)10-20-18(23)24-12-14-6-4-3-5-7-14/h3-7,13,15-16H,8-12,19H2,1-2H3,(H,20,23)/t15-,16+/m1/s1. The number of amides is 2. The molecule has 2 amide bonds. The molecule has 1 aromatic carbocycles. The summed E-state index contributed by atoms with van der Waals surface area (Å²) < 4.78 is 5.18. The first-order valence-electron chi connectivity index (χ1n) is 8.46. The third-order valence-electron chi connectivity index (χ3n) is 4.35. The molecule has 6 heteroatoms. The van der Waals surface area contributed by atoms with Crippen molar-refractivity contribution in [2.24, 2.45) is 17.6 Å². The molecule has 24 heavy (non-hydrogen) atoms. The lowest BCUT2D eigenvalue weighted by Gasteiger charge is -2.23. The molecule has 2 atom stereocenters. The van der Waals surface area contributed by atoms with Crippen molar-refractivity contribution < 1.29 is 14.3 Å². The Kier molecular flexibility index (Phi) is 6.61. The first-order valence-corrected chi connectivity index (χ1v) is 8.46. The Morgan fingerprint density at radius 3 is 2.71 bits per heavy atom. The molecule has 1 aliphatic rings. The maximum Gasteiger partial charge on any atom is 0.407 e. The second-order valence-electron chi connectivity index (χ2n) is 6.65. The number of ether oxygens (including phenoxy) is 1. The summed E-state index contributed by atoms with van der Waals surface area (Å²) in [6.07, 6.45) is 0.442. The maximum absolute atomic E-state index is 12.2. The number of hydrogen-bond acceptors (Lipinski definition) is 4. The number of nitrogens with one attached hydrogen (secondary N) is 1. The first-order chi connectivity index (χ1) is 11.5. The Morgan fingerprint density at radius 1 is 1.33 bits per heavy atom. The normalized spacial score (nSPS) is 18.5. The van der Waals surface area contributed by atoms with Gasteiger partial charge in [0.2, 0.25) is 5.91 Å². The predicted octanol–water partition coefficient (Wildman–Crippen LogP) is 1.74. The van der Waals surface area contributed by atoms with E-state index in [1.54, 1.807) is 4.90 Å². The van der Waals surface area contributed by atoms with E-state index in [1.165, 1.54) is 0 Å². The Morgan fingerprint density at radius 2 is 2.04 bits per heavy atom. The summed E-state index contributed by atoms with van der Waals surface area (Å²) in [6, 6.07) is 9.09. The summed E-state index contributed by atoms with van der Waals surface area (Å²) in [6.45, 7) is 5.99. The van der Waals surface area contributed by atoms with Crippen molar-refractivity contribution in [1.29, 1.82) is 0 Å². The molecule has 3 N–H and O–H groups in total. The molecule has 1 aliphatic heterocycles. The predicted molar refractivity (Wildman–Crippen MR) is 92.1 cm³/mol. The minimum Gasteiger partial charge on any atom is -0.445 e. The zero-order chi connectivity index (χ0) is 17.5. The highest BCUT2D eigenvalue weighted by atomic mass is 16.5. The van der Waals surface area contributed by atoms with E-state index >= 15 is 0 Å². The lowest BCUT2D eigenvalue weighted by molar-refractivity contribution is -0.132. The van der Waals surface area contributed by atoms with Crippen molar-refractivity contribution in [1.82, 2.24) is 10.2 Å². The van der Waals surface area contributed by atoms with Gasteiger partial charge < -0.3 is 20.7 Å². The molecule has 1 aromatic rings. The number of rotatable bonds is 6. The molecule has 0 saturated carbocycles. The van der Waals surface area contributed by atoms with E-state index in [0.717, 1.165) is 12.0 Å². The van der Waals surface area contributed by atoms with Crippen LogP contribution in [0.15, 0.2) is 30.3 Å². The number of carbonyl (C=O) groups is 2. The summed E-state index contributed by atoms with van der Waals surface area (Å²) in [5.74, 6) is 0.374. The molecule has 1 heterocycles. The van der Waals surface area contributed by atoms with E-state index in [-0.39, 0.29) is 24.3 Å². The molecule has 0 unspecified atom stereocenters. The SMILES string of the molecule is CC(C)[C@H](N)C(=O)N1CC[C@H](CNC(=O)OCc2ccccc2)C1. The highest BCUT2D eigenvalue weighted by Crippen LogP contribution is 2.17. The fourth-order valence-corrected chi connectivity index (χ4v) is 2.70. The van der Waals surface area contributed by atoms with Crippen LogP contribution in [0.3, 0.4) is 0 Å². The highest BCUT2D eigenvalue weighted by Gasteiger charge is 2.30. The van der Waals surface area contributed by atoms with Crippen molar-refractivity contribution in [3.63, 3.8) is 0 Å². The third-order valence-corrected chi connectivity index (χ3v) is 4.35. The van der Waals surface area contributed by atoms with E-state index in [2.05, 4.69) is 5.32 Å². The molecule has 2 rings (SSSR count). The van der Waals surface area contributed by atoms with Gasteiger partial charge in [-0.1, -0.05) is 44.2 Å². The molecule has 6 nitrogen and oxygen atoms in total. The summed E-state index contributed by atoms with van der Waals surface area (Å²) in [7, 11) is 0. The van der Waals surface area contributed by atoms with Crippen molar-refractivity contribution in [3.05, 3.63) is 35.9 Å². The van der Waals surface area contributed by atoms with Crippen LogP contribution in [-0.2, 0) is 16.1 Å². The molecule has 0 aromatic heterocycles. The van der Waals surface area contributed by atoms with E-state index in [4.69, 9.17) is 10.5 Å². The van der Waals surface area contributed by atoms with Crippen molar-refractivity contribution in [2.75, 3.05) is 19.6 Å². The number of hydrogen-bond donors (Lipinski definition) is 2. The average molecular weight is 333 g/mol. The molecule has 1 fully saturated rings. The molecular formula is C18H27N3O3. The molecule has 1 saturated heterocycles. The largest absolute Gasteiger partial charge is 0.445 e.